The third-order valence-corrected chi connectivity index (χ3v) is 9.34. The lowest BCUT2D eigenvalue weighted by atomic mass is 9.86. The number of piperidine rings is 2. The number of aryl methyl sites for hydroxylation is 2. The molecule has 0 aromatic heterocycles. The van der Waals surface area contributed by atoms with Gasteiger partial charge >= 0.3 is 0 Å². The maximum Gasteiger partial charge on any atom is 0.225 e. The maximum absolute atomic E-state index is 13.1. The largest absolute Gasteiger partial charge is 0.381 e. The average molecular weight is 545 g/mol. The molecule has 3 aliphatic rings. The van der Waals surface area contributed by atoms with Crippen molar-refractivity contribution in [3.63, 3.8) is 0 Å². The standard InChI is InChI=1S/C30H39Cl2N3O2/c1-20-15-23(24-17-35(18-24)29-27(31)5-4-6-28(29)32)16-21(2)26(20)19-33-11-7-22(8-12-33)30(36)34-13-9-25(37-3)10-14-34/h4-6,15-16,22,24-25H,7-14,17-19H2,1-3H3. The van der Waals surface area contributed by atoms with Gasteiger partial charge in [0.25, 0.3) is 0 Å². The fourth-order valence-corrected chi connectivity index (χ4v) is 6.94. The summed E-state index contributed by atoms with van der Waals surface area (Å²) in [5.41, 5.74) is 6.51. The van der Waals surface area contributed by atoms with Gasteiger partial charge in [-0.25, -0.2) is 0 Å². The first-order valence-corrected chi connectivity index (χ1v) is 14.4. The number of likely N-dealkylation sites (tertiary alicyclic amines) is 2. The van der Waals surface area contributed by atoms with Crippen molar-refractivity contribution in [2.75, 3.05) is 51.3 Å². The van der Waals surface area contributed by atoms with Crippen LogP contribution in [0, 0.1) is 19.8 Å². The monoisotopic (exact) mass is 543 g/mol. The van der Waals surface area contributed by atoms with Crippen LogP contribution in [0.1, 0.15) is 53.9 Å². The Balaban J connectivity index is 1.14. The van der Waals surface area contributed by atoms with E-state index in [1.807, 2.05) is 18.2 Å². The van der Waals surface area contributed by atoms with Gasteiger partial charge in [0.05, 0.1) is 21.8 Å². The van der Waals surface area contributed by atoms with Crippen LogP contribution < -0.4 is 4.90 Å². The van der Waals surface area contributed by atoms with E-state index in [0.29, 0.717) is 17.9 Å². The molecule has 0 spiro atoms. The molecule has 3 aliphatic heterocycles. The van der Waals surface area contributed by atoms with Crippen molar-refractivity contribution < 1.29 is 9.53 Å². The van der Waals surface area contributed by atoms with E-state index in [1.165, 1.54) is 22.3 Å². The lowest BCUT2D eigenvalue weighted by Gasteiger charge is -2.42. The van der Waals surface area contributed by atoms with Crippen LogP contribution in [-0.2, 0) is 16.1 Å². The van der Waals surface area contributed by atoms with Gasteiger partial charge < -0.3 is 14.5 Å². The quantitative estimate of drug-likeness (QED) is 0.443. The molecule has 5 rings (SSSR count). The van der Waals surface area contributed by atoms with Crippen molar-refractivity contribution in [1.29, 1.82) is 0 Å². The molecule has 0 unspecified atom stereocenters. The first kappa shape index (κ1) is 26.8. The van der Waals surface area contributed by atoms with E-state index in [-0.39, 0.29) is 5.92 Å². The van der Waals surface area contributed by atoms with Gasteiger partial charge in [0, 0.05) is 51.7 Å². The van der Waals surface area contributed by atoms with Gasteiger partial charge in [-0.2, -0.15) is 0 Å². The van der Waals surface area contributed by atoms with Crippen molar-refractivity contribution in [3.8, 4) is 0 Å². The Kier molecular flexibility index (Phi) is 8.35. The number of para-hydroxylation sites is 1. The summed E-state index contributed by atoms with van der Waals surface area (Å²) in [4.78, 5) is 19.9. The van der Waals surface area contributed by atoms with E-state index in [1.54, 1.807) is 7.11 Å². The molecule has 7 heteroatoms. The number of carbonyl (C=O) groups excluding carboxylic acids is 1. The van der Waals surface area contributed by atoms with E-state index in [2.05, 4.69) is 40.7 Å². The molecule has 5 nitrogen and oxygen atoms in total. The zero-order chi connectivity index (χ0) is 26.1. The van der Waals surface area contributed by atoms with E-state index >= 15 is 0 Å². The second-order valence-corrected chi connectivity index (χ2v) is 11.9. The second kappa shape index (κ2) is 11.5. The number of benzene rings is 2. The minimum absolute atomic E-state index is 0.174. The molecular formula is C30H39Cl2N3O2. The van der Waals surface area contributed by atoms with Crippen molar-refractivity contribution in [2.24, 2.45) is 5.92 Å². The highest BCUT2D eigenvalue weighted by Crippen LogP contribution is 2.40. The Labute approximate surface area is 231 Å². The smallest absolute Gasteiger partial charge is 0.225 e. The Bertz CT molecular complexity index is 1070. The van der Waals surface area contributed by atoms with Gasteiger partial charge in [0.2, 0.25) is 5.91 Å². The Morgan fingerprint density at radius 3 is 2.11 bits per heavy atom. The number of hydrogen-bond donors (Lipinski definition) is 0. The van der Waals surface area contributed by atoms with Crippen LogP contribution in [0.15, 0.2) is 30.3 Å². The molecule has 0 radical (unpaired) electrons. The van der Waals surface area contributed by atoms with Gasteiger partial charge in [-0.3, -0.25) is 9.69 Å². The highest BCUT2D eigenvalue weighted by molar-refractivity contribution is 6.39. The van der Waals surface area contributed by atoms with Crippen LogP contribution in [-0.4, -0.2) is 68.2 Å². The molecule has 0 aliphatic carbocycles. The molecule has 0 atom stereocenters. The molecule has 3 fully saturated rings. The van der Waals surface area contributed by atoms with Gasteiger partial charge in [0.1, 0.15) is 0 Å². The molecule has 1 amide bonds. The van der Waals surface area contributed by atoms with Crippen LogP contribution >= 0.6 is 23.2 Å². The number of halogens is 2. The van der Waals surface area contributed by atoms with Crippen LogP contribution in [0.5, 0.6) is 0 Å². The average Bonchev–Trinajstić information content (AvgIpc) is 2.87. The maximum atomic E-state index is 13.1. The predicted octanol–water partition coefficient (Wildman–Crippen LogP) is 6.06. The van der Waals surface area contributed by atoms with E-state index in [0.717, 1.165) is 87.2 Å². The van der Waals surface area contributed by atoms with E-state index < -0.39 is 0 Å². The molecule has 200 valence electrons. The lowest BCUT2D eigenvalue weighted by molar-refractivity contribution is -0.139. The molecule has 2 aromatic rings. The fourth-order valence-electron chi connectivity index (χ4n) is 6.31. The number of amides is 1. The highest BCUT2D eigenvalue weighted by atomic mass is 35.5. The molecule has 3 saturated heterocycles. The zero-order valence-corrected chi connectivity index (χ0v) is 23.8. The Morgan fingerprint density at radius 2 is 1.54 bits per heavy atom. The second-order valence-electron chi connectivity index (χ2n) is 11.1. The van der Waals surface area contributed by atoms with E-state index in [9.17, 15) is 4.79 Å². The summed E-state index contributed by atoms with van der Waals surface area (Å²) in [7, 11) is 1.77. The summed E-state index contributed by atoms with van der Waals surface area (Å²) in [5.74, 6) is 1.03. The molecule has 0 N–H and O–H groups in total. The molecule has 0 saturated carbocycles. The van der Waals surface area contributed by atoms with Gasteiger partial charge in [-0.15, -0.1) is 0 Å². The number of hydrogen-bond acceptors (Lipinski definition) is 4. The van der Waals surface area contributed by atoms with Gasteiger partial charge in [-0.05, 0) is 87.0 Å². The van der Waals surface area contributed by atoms with Gasteiger partial charge in [-0.1, -0.05) is 41.4 Å². The van der Waals surface area contributed by atoms with Gasteiger partial charge in [0.15, 0.2) is 0 Å². The SMILES string of the molecule is COC1CCN(C(=O)C2CCN(Cc3c(C)cc(C4CN(c5c(Cl)cccc5Cl)C4)cc3C)CC2)CC1. The van der Waals surface area contributed by atoms with Crippen molar-refractivity contribution in [2.45, 2.75) is 58.1 Å². The van der Waals surface area contributed by atoms with Crippen molar-refractivity contribution >= 4 is 34.8 Å². The fraction of sp³-hybridized carbons (Fsp3) is 0.567. The van der Waals surface area contributed by atoms with Crippen LogP contribution in [0.25, 0.3) is 0 Å². The summed E-state index contributed by atoms with van der Waals surface area (Å²) >= 11 is 12.8. The number of ether oxygens (including phenoxy) is 1. The van der Waals surface area contributed by atoms with E-state index in [4.69, 9.17) is 27.9 Å². The minimum Gasteiger partial charge on any atom is -0.381 e. The van der Waals surface area contributed by atoms with Crippen molar-refractivity contribution in [1.82, 2.24) is 9.80 Å². The number of rotatable bonds is 6. The number of carbonyl (C=O) groups is 1. The number of methoxy groups -OCH3 is 1. The van der Waals surface area contributed by atoms with Crippen LogP contribution in [0.4, 0.5) is 5.69 Å². The molecule has 2 aromatic carbocycles. The first-order valence-electron chi connectivity index (χ1n) is 13.7. The highest BCUT2D eigenvalue weighted by Gasteiger charge is 2.33. The summed E-state index contributed by atoms with van der Waals surface area (Å²) in [5, 5.41) is 1.43. The first-order chi connectivity index (χ1) is 17.8. The zero-order valence-electron chi connectivity index (χ0n) is 22.3. The van der Waals surface area contributed by atoms with Crippen molar-refractivity contribution in [3.05, 3.63) is 62.6 Å². The number of anilines is 1. The van der Waals surface area contributed by atoms with Crippen LogP contribution in [0.3, 0.4) is 0 Å². The molecular weight excluding hydrogens is 505 g/mol. The minimum atomic E-state index is 0.174. The Morgan fingerprint density at radius 1 is 0.946 bits per heavy atom. The predicted molar refractivity (Wildman–Crippen MR) is 152 cm³/mol. The van der Waals surface area contributed by atoms with Crippen LogP contribution in [0.2, 0.25) is 10.0 Å². The summed E-state index contributed by atoms with van der Waals surface area (Å²) in [6.07, 6.45) is 4.15. The summed E-state index contributed by atoms with van der Waals surface area (Å²) < 4.78 is 5.46. The summed E-state index contributed by atoms with van der Waals surface area (Å²) in [6, 6.07) is 10.4. The third kappa shape index (κ3) is 5.80. The third-order valence-electron chi connectivity index (χ3n) is 8.73. The molecule has 3 heterocycles. The molecule has 0 bridgehead atoms. The topological polar surface area (TPSA) is 36.0 Å². The normalized spacial score (nSPS) is 20.4. The lowest BCUT2D eigenvalue weighted by Crippen LogP contribution is -2.46. The summed E-state index contributed by atoms with van der Waals surface area (Å²) in [6.45, 7) is 11.0. The molecule has 37 heavy (non-hydrogen) atoms. The Hall–Kier alpha value is -1.79. The number of nitrogens with zero attached hydrogens (tertiary/aromatic N) is 3.